The van der Waals surface area contributed by atoms with Gasteiger partial charge in [0.25, 0.3) is 5.91 Å². The van der Waals surface area contributed by atoms with Gasteiger partial charge >= 0.3 is 0 Å². The van der Waals surface area contributed by atoms with E-state index < -0.39 is 36.3 Å². The molecule has 0 bridgehead atoms. The number of likely N-dealkylation sites (tertiary alicyclic amines) is 1. The molecule has 0 unspecified atom stereocenters. The summed E-state index contributed by atoms with van der Waals surface area (Å²) in [6.45, 7) is 0.273. The van der Waals surface area contributed by atoms with Crippen LogP contribution in [0.15, 0.2) is 24.3 Å². The molecule has 2 aliphatic heterocycles. The number of rotatable bonds is 8. The van der Waals surface area contributed by atoms with E-state index >= 15 is 0 Å². The van der Waals surface area contributed by atoms with E-state index in [9.17, 15) is 24.3 Å². The molecule has 0 spiro atoms. The molecule has 4 N–H and O–H groups in total. The van der Waals surface area contributed by atoms with Crippen LogP contribution < -0.4 is 15.4 Å². The summed E-state index contributed by atoms with van der Waals surface area (Å²) in [5.74, 6) is -0.889. The van der Waals surface area contributed by atoms with Gasteiger partial charge in [-0.1, -0.05) is 12.5 Å². The summed E-state index contributed by atoms with van der Waals surface area (Å²) < 4.78 is 5.42. The zero-order valence-electron chi connectivity index (χ0n) is 20.3. The maximum Gasteiger partial charge on any atom is 0.271 e. The van der Waals surface area contributed by atoms with Gasteiger partial charge in [-0.15, -0.1) is 0 Å². The van der Waals surface area contributed by atoms with Gasteiger partial charge in [-0.3, -0.25) is 19.2 Å². The normalized spacial score (nSPS) is 26.1. The molecular formula is C26H32N4O6. The van der Waals surface area contributed by atoms with Crippen LogP contribution in [-0.4, -0.2) is 77.4 Å². The maximum absolute atomic E-state index is 13.7. The SMILES string of the molecule is COc1cccc2[nH]c(C(=O)N3C[C@@H]4CCC[C@@H]4[C@@H]3C(=O)N[C@H](C[C@@H]3CCNC3=O)C(=O)CO)cc12. The number of hydrogen-bond donors (Lipinski definition) is 4. The van der Waals surface area contributed by atoms with Gasteiger partial charge in [0.2, 0.25) is 11.8 Å². The summed E-state index contributed by atoms with van der Waals surface area (Å²) in [7, 11) is 1.57. The zero-order chi connectivity index (χ0) is 25.4. The van der Waals surface area contributed by atoms with Gasteiger partial charge < -0.3 is 30.4 Å². The maximum atomic E-state index is 13.7. The fraction of sp³-hybridized carbons (Fsp3) is 0.538. The molecule has 10 heteroatoms. The Kier molecular flexibility index (Phi) is 6.70. The van der Waals surface area contributed by atoms with Gasteiger partial charge in [-0.25, -0.2) is 0 Å². The molecule has 36 heavy (non-hydrogen) atoms. The highest BCUT2D eigenvalue weighted by molar-refractivity contribution is 6.02. The molecule has 2 saturated heterocycles. The topological polar surface area (TPSA) is 141 Å². The van der Waals surface area contributed by atoms with Crippen molar-refractivity contribution >= 4 is 34.4 Å². The minimum atomic E-state index is -0.980. The van der Waals surface area contributed by atoms with Crippen LogP contribution in [0.4, 0.5) is 0 Å². The highest BCUT2D eigenvalue weighted by Crippen LogP contribution is 2.43. The molecule has 3 heterocycles. The van der Waals surface area contributed by atoms with E-state index in [2.05, 4.69) is 15.6 Å². The molecule has 1 aliphatic carbocycles. The number of aromatic amines is 1. The van der Waals surface area contributed by atoms with Crippen molar-refractivity contribution in [2.24, 2.45) is 17.8 Å². The van der Waals surface area contributed by atoms with Crippen molar-refractivity contribution in [1.82, 2.24) is 20.5 Å². The van der Waals surface area contributed by atoms with E-state index in [1.165, 1.54) is 0 Å². The van der Waals surface area contributed by atoms with E-state index in [1.54, 1.807) is 18.1 Å². The summed E-state index contributed by atoms with van der Waals surface area (Å²) in [6, 6.07) is 5.57. The molecule has 10 nitrogen and oxygen atoms in total. The Morgan fingerprint density at radius 2 is 2.08 bits per heavy atom. The molecule has 5 atom stereocenters. The average molecular weight is 497 g/mol. The molecule has 1 aromatic heterocycles. The highest BCUT2D eigenvalue weighted by Gasteiger charge is 2.50. The molecule has 3 amide bonds. The molecule has 2 aromatic rings. The third-order valence-corrected chi connectivity index (χ3v) is 8.04. The number of Topliss-reactive ketones (excluding diaryl/α,β-unsaturated/α-hetero) is 1. The fourth-order valence-corrected chi connectivity index (χ4v) is 6.22. The lowest BCUT2D eigenvalue weighted by molar-refractivity contribution is -0.133. The van der Waals surface area contributed by atoms with Gasteiger partial charge in [0, 0.05) is 29.9 Å². The number of ether oxygens (including phenoxy) is 1. The van der Waals surface area contributed by atoms with Crippen molar-refractivity contribution < 1.29 is 29.0 Å². The van der Waals surface area contributed by atoms with Gasteiger partial charge in [-0.2, -0.15) is 0 Å². The standard InChI is InChI=1S/C26H32N4O6/c1-36-22-7-3-6-18-17(22)11-20(28-18)26(35)30-12-15-4-2-5-16(15)23(30)25(34)29-19(21(32)13-31)10-14-8-9-27-24(14)33/h3,6-7,11,14-16,19,23,28,31H,2,4-5,8-10,12-13H2,1H3,(H,27,33)(H,29,34)/t14-,15-,16-,19+,23+/m0/s1. The fourth-order valence-electron chi connectivity index (χ4n) is 6.22. The number of H-pyrrole nitrogens is 1. The number of nitrogens with one attached hydrogen (secondary N) is 3. The number of nitrogens with zero attached hydrogens (tertiary/aromatic N) is 1. The molecule has 192 valence electrons. The summed E-state index contributed by atoms with van der Waals surface area (Å²) in [5.41, 5.74) is 1.14. The summed E-state index contributed by atoms with van der Waals surface area (Å²) in [5, 5.41) is 15.8. The van der Waals surface area contributed by atoms with Crippen LogP contribution >= 0.6 is 0 Å². The number of fused-ring (bicyclic) bond motifs is 2. The number of aliphatic hydroxyl groups is 1. The van der Waals surface area contributed by atoms with Crippen LogP contribution in [0.3, 0.4) is 0 Å². The van der Waals surface area contributed by atoms with E-state index in [-0.39, 0.29) is 30.1 Å². The number of hydrogen-bond acceptors (Lipinski definition) is 6. The Hall–Kier alpha value is -3.40. The number of benzene rings is 1. The van der Waals surface area contributed by atoms with Crippen molar-refractivity contribution in [3.63, 3.8) is 0 Å². The third kappa shape index (κ3) is 4.34. The third-order valence-electron chi connectivity index (χ3n) is 8.04. The Morgan fingerprint density at radius 1 is 1.25 bits per heavy atom. The molecule has 3 aliphatic rings. The molecule has 3 fully saturated rings. The number of aromatic nitrogens is 1. The van der Waals surface area contributed by atoms with Crippen molar-refractivity contribution in [1.29, 1.82) is 0 Å². The largest absolute Gasteiger partial charge is 0.496 e. The Balaban J connectivity index is 1.39. The van der Waals surface area contributed by atoms with Crippen LogP contribution in [-0.2, 0) is 14.4 Å². The van der Waals surface area contributed by atoms with Crippen molar-refractivity contribution in [3.8, 4) is 5.75 Å². The first-order chi connectivity index (χ1) is 17.4. The lowest BCUT2D eigenvalue weighted by Gasteiger charge is -2.29. The number of carbonyl (C=O) groups is 4. The van der Waals surface area contributed by atoms with E-state index in [0.717, 1.165) is 30.2 Å². The second-order valence-corrected chi connectivity index (χ2v) is 10.1. The molecule has 1 aromatic carbocycles. The van der Waals surface area contributed by atoms with E-state index in [1.807, 2.05) is 18.2 Å². The van der Waals surface area contributed by atoms with Crippen LogP contribution in [0.25, 0.3) is 10.9 Å². The van der Waals surface area contributed by atoms with Gasteiger partial charge in [0.15, 0.2) is 5.78 Å². The first-order valence-corrected chi connectivity index (χ1v) is 12.6. The van der Waals surface area contributed by atoms with Crippen molar-refractivity contribution in [2.75, 3.05) is 26.8 Å². The van der Waals surface area contributed by atoms with Crippen LogP contribution in [0.1, 0.15) is 42.6 Å². The minimum Gasteiger partial charge on any atom is -0.496 e. The Bertz CT molecular complexity index is 1190. The first-order valence-electron chi connectivity index (χ1n) is 12.6. The quantitative estimate of drug-likeness (QED) is 0.430. The number of methoxy groups -OCH3 is 1. The van der Waals surface area contributed by atoms with Crippen LogP contribution in [0.2, 0.25) is 0 Å². The van der Waals surface area contributed by atoms with Crippen molar-refractivity contribution in [3.05, 3.63) is 30.0 Å². The Morgan fingerprint density at radius 3 is 2.81 bits per heavy atom. The first kappa shape index (κ1) is 24.3. The average Bonchev–Trinajstić information content (AvgIpc) is 3.66. The number of amides is 3. The number of ketones is 1. The monoisotopic (exact) mass is 496 g/mol. The number of aliphatic hydroxyl groups excluding tert-OH is 1. The minimum absolute atomic E-state index is 0.00696. The Labute approximate surface area is 208 Å². The van der Waals surface area contributed by atoms with Crippen LogP contribution in [0.5, 0.6) is 5.75 Å². The smallest absolute Gasteiger partial charge is 0.271 e. The van der Waals surface area contributed by atoms with Gasteiger partial charge in [-0.05, 0) is 55.7 Å². The summed E-state index contributed by atoms with van der Waals surface area (Å²) >= 11 is 0. The lowest BCUT2D eigenvalue weighted by Crippen LogP contribution is -2.53. The van der Waals surface area contributed by atoms with E-state index in [0.29, 0.717) is 31.0 Å². The van der Waals surface area contributed by atoms with Gasteiger partial charge in [0.1, 0.15) is 24.1 Å². The second kappa shape index (κ2) is 9.93. The highest BCUT2D eigenvalue weighted by atomic mass is 16.5. The molecular weight excluding hydrogens is 464 g/mol. The summed E-state index contributed by atoms with van der Waals surface area (Å²) in [6.07, 6.45) is 3.47. The molecule has 5 rings (SSSR count). The zero-order valence-corrected chi connectivity index (χ0v) is 20.3. The second-order valence-electron chi connectivity index (χ2n) is 10.1. The summed E-state index contributed by atoms with van der Waals surface area (Å²) in [4.78, 5) is 56.6. The lowest BCUT2D eigenvalue weighted by atomic mass is 9.92. The van der Waals surface area contributed by atoms with Gasteiger partial charge in [0.05, 0.1) is 13.2 Å². The van der Waals surface area contributed by atoms with Crippen LogP contribution in [0, 0.1) is 17.8 Å². The van der Waals surface area contributed by atoms with E-state index in [4.69, 9.17) is 4.74 Å². The predicted octanol–water partition coefficient (Wildman–Crippen LogP) is 0.990. The number of carbonyl (C=O) groups excluding carboxylic acids is 4. The van der Waals surface area contributed by atoms with Crippen molar-refractivity contribution in [2.45, 2.75) is 44.2 Å². The predicted molar refractivity (Wildman–Crippen MR) is 130 cm³/mol. The molecule has 1 saturated carbocycles. The molecule has 0 radical (unpaired) electrons.